The summed E-state index contributed by atoms with van der Waals surface area (Å²) in [5, 5.41) is 26.5. The van der Waals surface area contributed by atoms with Gasteiger partial charge in [0.25, 0.3) is 0 Å². The molecule has 0 saturated carbocycles. The van der Waals surface area contributed by atoms with Crippen LogP contribution in [0.15, 0.2) is 24.3 Å². The van der Waals surface area contributed by atoms with Gasteiger partial charge < -0.3 is 20.1 Å². The van der Waals surface area contributed by atoms with Crippen LogP contribution < -0.4 is 5.32 Å². The average molecular weight is 529 g/mol. The van der Waals surface area contributed by atoms with Crippen LogP contribution in [-0.2, 0) is 21.7 Å². The van der Waals surface area contributed by atoms with Gasteiger partial charge in [0.1, 0.15) is 11.6 Å². The number of nitrogens with zero attached hydrogens (tertiary/aromatic N) is 4. The molecule has 1 aromatic heterocycles. The molecule has 3 heterocycles. The fourth-order valence-electron chi connectivity index (χ4n) is 3.85. The van der Waals surface area contributed by atoms with E-state index in [1.165, 1.54) is 12.1 Å². The second-order valence-corrected chi connectivity index (χ2v) is 8.03. The van der Waals surface area contributed by atoms with Crippen molar-refractivity contribution in [1.82, 2.24) is 25.0 Å². The van der Waals surface area contributed by atoms with Crippen LogP contribution in [0.1, 0.15) is 18.7 Å². The van der Waals surface area contributed by atoms with Crippen LogP contribution in [0.4, 0.5) is 30.7 Å². The lowest BCUT2D eigenvalue weighted by Gasteiger charge is -2.46. The largest absolute Gasteiger partial charge is 0.490 e. The van der Waals surface area contributed by atoms with E-state index < -0.39 is 24.3 Å². The minimum absolute atomic E-state index is 0.0425. The number of alkyl halides is 6. The molecule has 0 radical (unpaired) electrons. The second-order valence-electron chi connectivity index (χ2n) is 8.03. The summed E-state index contributed by atoms with van der Waals surface area (Å²) < 4.78 is 79.0. The molecule has 2 aromatic rings. The normalized spacial score (nSPS) is 17.2. The first kappa shape index (κ1) is 29.0. The van der Waals surface area contributed by atoms with Crippen LogP contribution in [0.5, 0.6) is 0 Å². The van der Waals surface area contributed by atoms with Gasteiger partial charge in [-0.25, -0.2) is 14.0 Å². The minimum Gasteiger partial charge on any atom is -0.475 e. The highest BCUT2D eigenvalue weighted by molar-refractivity contribution is 5.73. The number of hydrogen-bond acceptors (Lipinski definition) is 6. The third kappa shape index (κ3) is 7.36. The van der Waals surface area contributed by atoms with Crippen molar-refractivity contribution in [3.63, 3.8) is 0 Å². The number of carbonyl (C=O) groups is 2. The van der Waals surface area contributed by atoms with E-state index in [1.807, 2.05) is 0 Å². The summed E-state index contributed by atoms with van der Waals surface area (Å²) in [7, 11) is 2.14. The Morgan fingerprint density at radius 3 is 1.86 bits per heavy atom. The fraction of sp³-hybridized carbons (Fsp3) is 0.500. The Balaban J connectivity index is 0.000000271. The van der Waals surface area contributed by atoms with E-state index in [-0.39, 0.29) is 11.4 Å². The summed E-state index contributed by atoms with van der Waals surface area (Å²) >= 11 is 0. The Kier molecular flexibility index (Phi) is 9.01. The Labute approximate surface area is 199 Å². The number of likely N-dealkylation sites (N-methyl/N-ethyl adjacent to an activating group) is 1. The Morgan fingerprint density at radius 2 is 1.42 bits per heavy atom. The summed E-state index contributed by atoms with van der Waals surface area (Å²) in [5.41, 5.74) is 0.975. The summed E-state index contributed by atoms with van der Waals surface area (Å²) in [4.78, 5) is 20.1. The number of aromatic nitrogens is 3. The molecule has 1 spiro atoms. The quantitative estimate of drug-likeness (QED) is 0.483. The lowest BCUT2D eigenvalue weighted by molar-refractivity contribution is -0.193. The minimum atomic E-state index is -5.08. The molecule has 1 saturated heterocycles. The molecule has 3 N–H and O–H groups in total. The molecule has 0 aliphatic carbocycles. The SMILES string of the molecule is CN1Cc2nnc(-c3ccc(F)cc3)n2C2(CCNCC2)C1.O=C(O)C(F)(F)F.O=C(O)C(F)(F)F. The number of benzene rings is 1. The fourth-order valence-corrected chi connectivity index (χ4v) is 3.85. The molecule has 36 heavy (non-hydrogen) atoms. The van der Waals surface area contributed by atoms with Crippen molar-refractivity contribution in [2.75, 3.05) is 26.7 Å². The first-order chi connectivity index (χ1) is 16.6. The topological polar surface area (TPSA) is 121 Å². The second kappa shape index (κ2) is 11.2. The van der Waals surface area contributed by atoms with Crippen molar-refractivity contribution >= 4 is 11.9 Å². The van der Waals surface area contributed by atoms with Crippen molar-refractivity contribution in [3.05, 3.63) is 35.9 Å². The number of rotatable bonds is 1. The Hall–Kier alpha value is -3.27. The van der Waals surface area contributed by atoms with E-state index in [0.29, 0.717) is 0 Å². The van der Waals surface area contributed by atoms with E-state index in [2.05, 4.69) is 32.0 Å². The van der Waals surface area contributed by atoms with Crippen LogP contribution in [0.25, 0.3) is 11.4 Å². The number of hydrogen-bond donors (Lipinski definition) is 3. The maximum Gasteiger partial charge on any atom is 0.490 e. The third-order valence-electron chi connectivity index (χ3n) is 5.30. The standard InChI is InChI=1S/C16H20FN5.2C2HF3O2/c1-21-10-14-19-20-15(12-2-4-13(17)5-3-12)22(14)16(11-21)6-8-18-9-7-16;2*3-2(4,5)1(6)7/h2-5,18H,6-11H2,1H3;2*(H,6,7). The first-order valence-corrected chi connectivity index (χ1v) is 10.3. The number of piperidine rings is 1. The molecule has 2 aliphatic heterocycles. The summed E-state index contributed by atoms with van der Waals surface area (Å²) in [6.45, 7) is 3.83. The van der Waals surface area contributed by atoms with E-state index in [4.69, 9.17) is 19.8 Å². The molecule has 200 valence electrons. The van der Waals surface area contributed by atoms with Crippen molar-refractivity contribution in [2.45, 2.75) is 37.3 Å². The number of nitrogens with one attached hydrogen (secondary N) is 1. The van der Waals surface area contributed by atoms with Crippen LogP contribution in [-0.4, -0.2) is 80.9 Å². The number of aliphatic carboxylic acids is 2. The van der Waals surface area contributed by atoms with Crippen LogP contribution >= 0.6 is 0 Å². The Bertz CT molecular complexity index is 1020. The molecular weight excluding hydrogens is 507 g/mol. The highest BCUT2D eigenvalue weighted by Gasteiger charge is 2.42. The van der Waals surface area contributed by atoms with Crippen LogP contribution in [0.2, 0.25) is 0 Å². The third-order valence-corrected chi connectivity index (χ3v) is 5.30. The predicted molar refractivity (Wildman–Crippen MR) is 109 cm³/mol. The lowest BCUT2D eigenvalue weighted by atomic mass is 9.85. The van der Waals surface area contributed by atoms with Gasteiger partial charge in [-0.3, -0.25) is 4.90 Å². The maximum atomic E-state index is 13.2. The molecule has 0 bridgehead atoms. The summed E-state index contributed by atoms with van der Waals surface area (Å²) in [6, 6.07) is 6.56. The van der Waals surface area contributed by atoms with Gasteiger partial charge in [0.2, 0.25) is 0 Å². The molecular formula is C20H22F7N5O4. The van der Waals surface area contributed by atoms with Crippen molar-refractivity contribution in [2.24, 2.45) is 0 Å². The van der Waals surface area contributed by atoms with Gasteiger partial charge >= 0.3 is 24.3 Å². The maximum absolute atomic E-state index is 13.2. The average Bonchev–Trinajstić information content (AvgIpc) is 3.19. The molecule has 1 aromatic carbocycles. The van der Waals surface area contributed by atoms with Gasteiger partial charge in [-0.2, -0.15) is 26.3 Å². The highest BCUT2D eigenvalue weighted by Crippen LogP contribution is 2.37. The van der Waals surface area contributed by atoms with Gasteiger partial charge in [-0.1, -0.05) is 0 Å². The van der Waals surface area contributed by atoms with E-state index >= 15 is 0 Å². The van der Waals surface area contributed by atoms with Crippen molar-refractivity contribution in [1.29, 1.82) is 0 Å². The van der Waals surface area contributed by atoms with Gasteiger partial charge in [0.05, 0.1) is 12.1 Å². The predicted octanol–water partition coefficient (Wildman–Crippen LogP) is 2.87. The number of carboxylic acid groups (broad SMARTS) is 2. The van der Waals surface area contributed by atoms with Crippen LogP contribution in [0, 0.1) is 5.82 Å². The smallest absolute Gasteiger partial charge is 0.475 e. The van der Waals surface area contributed by atoms with E-state index in [1.54, 1.807) is 12.1 Å². The van der Waals surface area contributed by atoms with E-state index in [9.17, 15) is 30.7 Å². The molecule has 4 rings (SSSR count). The number of fused-ring (bicyclic) bond motifs is 2. The molecule has 16 heteroatoms. The van der Waals surface area contributed by atoms with Gasteiger partial charge in [0, 0.05) is 12.1 Å². The molecule has 2 aliphatic rings. The highest BCUT2D eigenvalue weighted by atomic mass is 19.4. The summed E-state index contributed by atoms with van der Waals surface area (Å²) in [6.07, 6.45) is -8.03. The van der Waals surface area contributed by atoms with Crippen LogP contribution in [0.3, 0.4) is 0 Å². The number of carboxylic acids is 2. The molecule has 0 amide bonds. The van der Waals surface area contributed by atoms with Crippen molar-refractivity contribution < 1.29 is 50.5 Å². The summed E-state index contributed by atoms with van der Waals surface area (Å²) in [5.74, 6) is -3.86. The molecule has 1 fully saturated rings. The lowest BCUT2D eigenvalue weighted by Crippen LogP contribution is -2.54. The van der Waals surface area contributed by atoms with Gasteiger partial charge in [-0.15, -0.1) is 10.2 Å². The zero-order valence-electron chi connectivity index (χ0n) is 18.7. The molecule has 0 atom stereocenters. The monoisotopic (exact) mass is 529 g/mol. The van der Waals surface area contributed by atoms with Gasteiger partial charge in [-0.05, 0) is 57.2 Å². The van der Waals surface area contributed by atoms with E-state index in [0.717, 1.165) is 56.2 Å². The molecule has 9 nitrogen and oxygen atoms in total. The molecule has 0 unspecified atom stereocenters. The first-order valence-electron chi connectivity index (χ1n) is 10.3. The van der Waals surface area contributed by atoms with Gasteiger partial charge in [0.15, 0.2) is 5.82 Å². The zero-order chi connectivity index (χ0) is 27.3. The zero-order valence-corrected chi connectivity index (χ0v) is 18.7. The van der Waals surface area contributed by atoms with Crippen molar-refractivity contribution in [3.8, 4) is 11.4 Å². The Morgan fingerprint density at radius 1 is 0.944 bits per heavy atom. The number of halogens is 7.